The number of benzene rings is 1. The topological polar surface area (TPSA) is 150 Å². The Balaban J connectivity index is 1.52. The molecular weight excluding hydrogens is 585 g/mol. The maximum atomic E-state index is 13.7. The molecule has 0 spiro atoms. The van der Waals surface area contributed by atoms with Crippen molar-refractivity contribution in [2.75, 3.05) is 30.5 Å². The number of nitrogens with zero attached hydrogens (tertiary/aromatic N) is 2. The molecule has 1 aliphatic rings. The summed E-state index contributed by atoms with van der Waals surface area (Å²) in [5, 5.41) is 2.71. The third-order valence-corrected chi connectivity index (χ3v) is 9.60. The zero-order valence-electron chi connectivity index (χ0n) is 21.7. The number of carbonyl (C=O) groups excluding carboxylic acids is 4. The van der Waals surface area contributed by atoms with Crippen molar-refractivity contribution in [3.8, 4) is 0 Å². The van der Waals surface area contributed by atoms with Gasteiger partial charge in [0.1, 0.15) is 28.9 Å². The van der Waals surface area contributed by atoms with Crippen molar-refractivity contribution in [1.82, 2.24) is 4.57 Å². The largest absolute Gasteiger partial charge is 0.465 e. The summed E-state index contributed by atoms with van der Waals surface area (Å²) in [6, 6.07) is 3.80. The minimum Gasteiger partial charge on any atom is -0.465 e. The van der Waals surface area contributed by atoms with Gasteiger partial charge in [-0.15, -0.1) is 11.3 Å². The first-order valence-corrected chi connectivity index (χ1v) is 15.7. The van der Waals surface area contributed by atoms with Crippen molar-refractivity contribution in [3.05, 3.63) is 44.8 Å². The molecule has 2 heterocycles. The predicted octanol–water partition coefficient (Wildman–Crippen LogP) is 2.61. The van der Waals surface area contributed by atoms with Crippen LogP contribution in [-0.2, 0) is 53.1 Å². The maximum absolute atomic E-state index is 13.7. The van der Waals surface area contributed by atoms with E-state index >= 15 is 0 Å². The number of anilines is 1. The number of thiazole rings is 1. The van der Waals surface area contributed by atoms with Crippen molar-refractivity contribution in [2.24, 2.45) is 4.99 Å². The molecule has 0 radical (unpaired) electrons. The van der Waals surface area contributed by atoms with E-state index in [-0.39, 0.29) is 28.5 Å². The molecule has 11 nitrogen and oxygen atoms in total. The number of aromatic nitrogens is 1. The summed E-state index contributed by atoms with van der Waals surface area (Å²) >= 11 is 2.11. The number of fused-ring (bicyclic) bond motifs is 2. The first-order chi connectivity index (χ1) is 19.0. The van der Waals surface area contributed by atoms with Crippen molar-refractivity contribution in [3.63, 3.8) is 0 Å². The van der Waals surface area contributed by atoms with Crippen LogP contribution < -0.4 is 10.1 Å². The van der Waals surface area contributed by atoms with Gasteiger partial charge in [0.15, 0.2) is 14.6 Å². The summed E-state index contributed by atoms with van der Waals surface area (Å²) in [5.74, 6) is -5.85. The second-order valence-corrected chi connectivity index (χ2v) is 13.1. The molecule has 2 amide bonds. The van der Waals surface area contributed by atoms with Gasteiger partial charge in [0, 0.05) is 4.88 Å². The van der Waals surface area contributed by atoms with Crippen LogP contribution in [-0.4, -0.2) is 62.0 Å². The highest BCUT2D eigenvalue weighted by molar-refractivity contribution is 7.92. The van der Waals surface area contributed by atoms with E-state index in [4.69, 9.17) is 9.47 Å². The highest BCUT2D eigenvalue weighted by Crippen LogP contribution is 2.38. The minimum atomic E-state index is -4.27. The predicted molar refractivity (Wildman–Crippen MR) is 147 cm³/mol. The number of rotatable bonds is 9. The molecule has 2 aromatic heterocycles. The summed E-state index contributed by atoms with van der Waals surface area (Å²) in [6.07, 6.45) is 3.22. The molecule has 1 N–H and O–H groups in total. The number of amides is 2. The molecule has 0 fully saturated rings. The van der Waals surface area contributed by atoms with E-state index in [1.807, 2.05) is 0 Å². The number of hydrogen-bond acceptors (Lipinski definition) is 10. The number of carbonyl (C=O) groups is 4. The number of halogens is 1. The second kappa shape index (κ2) is 12.4. The fraction of sp³-hybridized carbons (Fsp3) is 0.400. The normalized spacial score (nSPS) is 13.6. The maximum Gasteiger partial charge on any atom is 0.341 e. The second-order valence-electron chi connectivity index (χ2n) is 8.88. The Hall–Kier alpha value is -3.43. The number of thiophene rings is 1. The highest BCUT2D eigenvalue weighted by atomic mass is 32.2. The lowest BCUT2D eigenvalue weighted by molar-refractivity contribution is -0.143. The molecule has 1 aromatic carbocycles. The van der Waals surface area contributed by atoms with Gasteiger partial charge in [-0.05, 0) is 56.4 Å². The van der Waals surface area contributed by atoms with Crippen LogP contribution in [0.15, 0.2) is 23.2 Å². The van der Waals surface area contributed by atoms with E-state index in [1.165, 1.54) is 41.2 Å². The molecule has 1 aliphatic carbocycles. The number of methoxy groups -OCH3 is 1. The molecule has 0 aliphatic heterocycles. The van der Waals surface area contributed by atoms with E-state index in [0.717, 1.165) is 41.0 Å². The van der Waals surface area contributed by atoms with Crippen LogP contribution in [0, 0.1) is 5.82 Å². The minimum absolute atomic E-state index is 0.0230. The molecule has 0 unspecified atom stereocenters. The van der Waals surface area contributed by atoms with Gasteiger partial charge in [-0.1, -0.05) is 11.3 Å². The fourth-order valence-electron chi connectivity index (χ4n) is 4.33. The SMILES string of the molecule is CCOC(=O)Cn1c(=NC(=O)CS(=O)(=O)CC(=O)Nc2sc3c(c2C(=O)OC)CCCC3)sc2cc(F)ccc21. The Morgan fingerprint density at radius 3 is 2.60 bits per heavy atom. The van der Waals surface area contributed by atoms with Crippen LogP contribution in [0.4, 0.5) is 9.39 Å². The van der Waals surface area contributed by atoms with E-state index < -0.39 is 50.9 Å². The van der Waals surface area contributed by atoms with Crippen LogP contribution in [0.5, 0.6) is 0 Å². The van der Waals surface area contributed by atoms with Gasteiger partial charge in [0.05, 0.1) is 29.5 Å². The number of sulfone groups is 1. The lowest BCUT2D eigenvalue weighted by Gasteiger charge is -2.11. The van der Waals surface area contributed by atoms with Crippen LogP contribution in [0.2, 0.25) is 0 Å². The molecule has 0 atom stereocenters. The smallest absolute Gasteiger partial charge is 0.341 e. The van der Waals surface area contributed by atoms with E-state index in [1.54, 1.807) is 6.92 Å². The molecule has 15 heteroatoms. The monoisotopic (exact) mass is 611 g/mol. The summed E-state index contributed by atoms with van der Waals surface area (Å²) in [7, 11) is -3.04. The van der Waals surface area contributed by atoms with Crippen molar-refractivity contribution in [1.29, 1.82) is 0 Å². The van der Waals surface area contributed by atoms with Crippen molar-refractivity contribution >= 4 is 71.5 Å². The molecule has 40 heavy (non-hydrogen) atoms. The van der Waals surface area contributed by atoms with E-state index in [0.29, 0.717) is 16.6 Å². The summed E-state index contributed by atoms with van der Waals surface area (Å²) in [5.41, 5.74) is 1.44. The Bertz CT molecular complexity index is 1670. The number of ether oxygens (including phenoxy) is 2. The Labute approximate surface area is 236 Å². The molecule has 214 valence electrons. The number of nitrogens with one attached hydrogen (secondary N) is 1. The zero-order chi connectivity index (χ0) is 29.0. The van der Waals surface area contributed by atoms with Gasteiger partial charge in [-0.2, -0.15) is 4.99 Å². The van der Waals surface area contributed by atoms with Crippen LogP contribution in [0.3, 0.4) is 0 Å². The van der Waals surface area contributed by atoms with E-state index in [9.17, 15) is 32.0 Å². The van der Waals surface area contributed by atoms with Crippen LogP contribution >= 0.6 is 22.7 Å². The Morgan fingerprint density at radius 1 is 1.12 bits per heavy atom. The summed E-state index contributed by atoms with van der Waals surface area (Å²) in [4.78, 5) is 54.6. The Morgan fingerprint density at radius 2 is 1.88 bits per heavy atom. The Kier molecular flexibility index (Phi) is 9.15. The zero-order valence-corrected chi connectivity index (χ0v) is 24.1. The lowest BCUT2D eigenvalue weighted by atomic mass is 9.95. The van der Waals surface area contributed by atoms with Gasteiger partial charge < -0.3 is 19.4 Å². The molecule has 0 saturated carbocycles. The van der Waals surface area contributed by atoms with Crippen LogP contribution in [0.1, 0.15) is 40.6 Å². The highest BCUT2D eigenvalue weighted by Gasteiger charge is 2.28. The number of aryl methyl sites for hydroxylation is 1. The quantitative estimate of drug-likeness (QED) is 0.363. The molecule has 4 rings (SSSR count). The van der Waals surface area contributed by atoms with Gasteiger partial charge in [-0.25, -0.2) is 17.6 Å². The first kappa shape index (κ1) is 29.6. The van der Waals surface area contributed by atoms with Crippen molar-refractivity contribution in [2.45, 2.75) is 39.2 Å². The van der Waals surface area contributed by atoms with Gasteiger partial charge in [-0.3, -0.25) is 14.4 Å². The van der Waals surface area contributed by atoms with Gasteiger partial charge in [0.25, 0.3) is 5.91 Å². The number of esters is 2. The average molecular weight is 612 g/mol. The summed E-state index contributed by atoms with van der Waals surface area (Å²) in [6.45, 7) is 1.42. The van der Waals surface area contributed by atoms with Gasteiger partial charge >= 0.3 is 11.9 Å². The third kappa shape index (κ3) is 6.82. The lowest BCUT2D eigenvalue weighted by Crippen LogP contribution is -2.29. The van der Waals surface area contributed by atoms with E-state index in [2.05, 4.69) is 10.3 Å². The van der Waals surface area contributed by atoms with Gasteiger partial charge in [0.2, 0.25) is 5.91 Å². The fourth-order valence-corrected chi connectivity index (χ4v) is 7.71. The van der Waals surface area contributed by atoms with Crippen LogP contribution in [0.25, 0.3) is 10.2 Å². The molecule has 0 saturated heterocycles. The number of hydrogen-bond donors (Lipinski definition) is 1. The standard InChI is InChI=1S/C25H26FN3O8S3/c1-3-37-21(32)11-29-16-9-8-14(26)10-18(16)39-25(29)28-20(31)13-40(34,35)12-19(30)27-23-22(24(33)36-2)15-6-4-5-7-17(15)38-23/h8-10H,3-7,11-13H2,1-2H3,(H,27,30). The average Bonchev–Trinajstić information content (AvgIpc) is 3.39. The van der Waals surface area contributed by atoms with Crippen molar-refractivity contribution < 1.29 is 41.5 Å². The molecule has 3 aromatic rings. The summed E-state index contributed by atoms with van der Waals surface area (Å²) < 4.78 is 50.7. The first-order valence-electron chi connectivity index (χ1n) is 12.3. The molecular formula is C25H26FN3O8S3. The molecule has 0 bridgehead atoms. The third-order valence-electron chi connectivity index (χ3n) is 5.97.